The molecule has 50 heavy (non-hydrogen) atoms. The number of nitrogen functional groups attached to an aromatic ring is 1. The first kappa shape index (κ1) is 39.6. The lowest BCUT2D eigenvalue weighted by molar-refractivity contribution is -0.386. The molecule has 0 amide bonds. The third-order valence-electron chi connectivity index (χ3n) is 7.08. The fourth-order valence-electron chi connectivity index (χ4n) is 5.13. The smallest absolute Gasteiger partial charge is 0.390 e. The summed E-state index contributed by atoms with van der Waals surface area (Å²) < 4.78 is 60.3. The summed E-state index contributed by atoms with van der Waals surface area (Å²) >= 11 is 0. The first-order valence-electron chi connectivity index (χ1n) is 14.6. The predicted molar refractivity (Wildman–Crippen MR) is 172 cm³/mol. The average molecular weight is 765 g/mol. The van der Waals surface area contributed by atoms with E-state index in [2.05, 4.69) is 35.0 Å². The zero-order chi connectivity index (χ0) is 37.0. The lowest BCUT2D eigenvalue weighted by atomic mass is 9.96. The second-order valence-corrected chi connectivity index (χ2v) is 15.7. The fourth-order valence-corrected chi connectivity index (χ4v) is 8.16. The van der Waals surface area contributed by atoms with E-state index in [9.17, 15) is 38.7 Å². The van der Waals surface area contributed by atoms with Crippen LogP contribution in [0.25, 0.3) is 11.0 Å². The highest BCUT2D eigenvalue weighted by Gasteiger charge is 2.43. The number of rotatable bonds is 15. The summed E-state index contributed by atoms with van der Waals surface area (Å²) in [4.78, 5) is 56.4. The molecule has 6 atom stereocenters. The number of fused-ring (bicyclic) bond motifs is 1. The minimum atomic E-state index is -5.75. The van der Waals surface area contributed by atoms with Gasteiger partial charge >= 0.3 is 23.5 Å². The van der Waals surface area contributed by atoms with Crippen molar-refractivity contribution in [2.45, 2.75) is 57.8 Å². The zero-order valence-corrected chi connectivity index (χ0v) is 29.1. The molecule has 1 aliphatic rings. The van der Waals surface area contributed by atoms with E-state index in [0.29, 0.717) is 28.5 Å². The highest BCUT2D eigenvalue weighted by atomic mass is 31.3. The van der Waals surface area contributed by atoms with Crippen LogP contribution in [0.15, 0.2) is 30.7 Å². The van der Waals surface area contributed by atoms with Crippen LogP contribution in [0.1, 0.15) is 55.7 Å². The van der Waals surface area contributed by atoms with Gasteiger partial charge in [-0.05, 0) is 24.5 Å². The van der Waals surface area contributed by atoms with Crippen LogP contribution in [0, 0.1) is 27.9 Å². The molecule has 21 nitrogen and oxygen atoms in total. The Balaban J connectivity index is 1.56. The van der Waals surface area contributed by atoms with Crippen molar-refractivity contribution in [3.63, 3.8) is 0 Å². The number of hydrogen-bond donors (Lipinski definition) is 7. The van der Waals surface area contributed by atoms with Gasteiger partial charge in [-0.25, -0.2) is 23.7 Å². The van der Waals surface area contributed by atoms with Gasteiger partial charge in [0.25, 0.3) is 5.69 Å². The van der Waals surface area contributed by atoms with E-state index in [4.69, 9.17) is 30.7 Å². The van der Waals surface area contributed by atoms with Crippen molar-refractivity contribution >= 4 is 46.0 Å². The Morgan fingerprint density at radius 2 is 1.88 bits per heavy atom. The molecule has 1 saturated heterocycles. The third-order valence-corrected chi connectivity index (χ3v) is 10.9. The van der Waals surface area contributed by atoms with Crippen LogP contribution in [-0.2, 0) is 42.9 Å². The summed E-state index contributed by atoms with van der Waals surface area (Å²) in [6.07, 6.45) is -1.28. The topological polar surface area (TPSA) is 324 Å². The number of ether oxygens (including phenoxy) is 2. The van der Waals surface area contributed by atoms with Crippen LogP contribution in [0.3, 0.4) is 0 Å². The van der Waals surface area contributed by atoms with Crippen molar-refractivity contribution in [3.8, 4) is 11.8 Å². The highest BCUT2D eigenvalue weighted by molar-refractivity contribution is 7.66. The number of nitro benzene ring substituents is 1. The monoisotopic (exact) mass is 764 g/mol. The maximum atomic E-state index is 12.2. The minimum Gasteiger partial charge on any atom is -0.390 e. The quantitative estimate of drug-likeness (QED) is 0.0506. The van der Waals surface area contributed by atoms with Crippen LogP contribution < -0.4 is 11.5 Å². The zero-order valence-electron chi connectivity index (χ0n) is 26.4. The summed E-state index contributed by atoms with van der Waals surface area (Å²) in [5.41, 5.74) is 12.9. The van der Waals surface area contributed by atoms with E-state index in [1.54, 1.807) is 18.3 Å². The van der Waals surface area contributed by atoms with Crippen molar-refractivity contribution in [1.82, 2.24) is 14.5 Å². The molecule has 0 radical (unpaired) electrons. The van der Waals surface area contributed by atoms with E-state index in [1.165, 1.54) is 17.0 Å². The number of nitrogens with zero attached hydrogens (tertiary/aromatic N) is 4. The number of benzene rings is 1. The molecule has 3 heterocycles. The summed E-state index contributed by atoms with van der Waals surface area (Å²) in [5, 5.41) is 23.1. The third kappa shape index (κ3) is 10.4. The first-order valence-corrected chi connectivity index (χ1v) is 19.1. The Bertz CT molecular complexity index is 1930. The van der Waals surface area contributed by atoms with E-state index in [-0.39, 0.29) is 42.6 Å². The van der Waals surface area contributed by atoms with Crippen LogP contribution in [0.2, 0.25) is 0 Å². The Labute approximate surface area is 284 Å². The number of aliphatic hydroxyl groups is 1. The Morgan fingerprint density at radius 1 is 1.16 bits per heavy atom. The Hall–Kier alpha value is -3.15. The van der Waals surface area contributed by atoms with Crippen LogP contribution in [-0.4, -0.2) is 69.5 Å². The maximum absolute atomic E-state index is 12.2. The number of phosphoric acid groups is 3. The van der Waals surface area contributed by atoms with E-state index >= 15 is 0 Å². The van der Waals surface area contributed by atoms with Gasteiger partial charge in [0.1, 0.15) is 30.1 Å². The molecule has 0 bridgehead atoms. The van der Waals surface area contributed by atoms with Crippen molar-refractivity contribution in [1.29, 1.82) is 0 Å². The second kappa shape index (κ2) is 16.0. The molecular weight excluding hydrogens is 729 g/mol. The Kier molecular flexibility index (Phi) is 12.7. The minimum absolute atomic E-state index is 0.0705. The number of hydrogen-bond acceptors (Lipinski definition) is 15. The van der Waals surface area contributed by atoms with Crippen molar-refractivity contribution in [2.24, 2.45) is 11.7 Å². The fraction of sp³-hybridized carbons (Fsp3) is 0.462. The molecular formula is C26H35N6O15P3. The largest absolute Gasteiger partial charge is 0.490 e. The molecule has 1 aliphatic heterocycles. The number of nitrogens with two attached hydrogens (primary N) is 2. The van der Waals surface area contributed by atoms with E-state index < -0.39 is 59.5 Å². The van der Waals surface area contributed by atoms with Crippen LogP contribution in [0.4, 0.5) is 11.5 Å². The first-order chi connectivity index (χ1) is 23.3. The van der Waals surface area contributed by atoms with Gasteiger partial charge in [0.15, 0.2) is 0 Å². The average Bonchev–Trinajstić information content (AvgIpc) is 3.55. The molecule has 1 aromatic carbocycles. The van der Waals surface area contributed by atoms with Crippen molar-refractivity contribution in [2.75, 3.05) is 18.9 Å². The van der Waals surface area contributed by atoms with Gasteiger partial charge in [-0.3, -0.25) is 14.6 Å². The standard InChI is InChI=1S/C26H35N6O15P3/c1-15(2)8-21(18-6-5-16(4-3-7-27)9-19(18)32(34)35)43-12-17-11-31(26-24(17)25(28)29-14-30-26)23-10-20(33)22(45-23)13-44-49(39,40)47-50(41,42)46-48(36,37)38/h5-6,9,11,14-15,20-23,33H,7-8,10,12-13,27H2,1-2H3,(H,39,40)(H,41,42)(H2,28,29,30)(H2,36,37,38)/t20-,21-,22-,23-/m1/s1. The maximum Gasteiger partial charge on any atom is 0.490 e. The van der Waals surface area contributed by atoms with Crippen LogP contribution in [0.5, 0.6) is 0 Å². The molecule has 4 rings (SSSR count). The van der Waals surface area contributed by atoms with Gasteiger partial charge in [0.2, 0.25) is 0 Å². The molecule has 3 aromatic rings. The molecule has 0 saturated carbocycles. The van der Waals surface area contributed by atoms with Gasteiger partial charge in [0, 0.05) is 29.8 Å². The molecule has 2 unspecified atom stereocenters. The Morgan fingerprint density at radius 3 is 2.52 bits per heavy atom. The number of aliphatic hydroxyl groups excluding tert-OH is 1. The normalized spacial score (nSPS) is 21.0. The summed E-state index contributed by atoms with van der Waals surface area (Å²) in [6.45, 7) is 2.96. The van der Waals surface area contributed by atoms with Gasteiger partial charge < -0.3 is 50.2 Å². The van der Waals surface area contributed by atoms with Crippen molar-refractivity contribution < 1.29 is 65.9 Å². The van der Waals surface area contributed by atoms with Gasteiger partial charge in [-0.15, -0.1) is 0 Å². The van der Waals surface area contributed by atoms with Gasteiger partial charge in [-0.1, -0.05) is 25.7 Å². The number of nitro groups is 1. The number of anilines is 1. The molecule has 1 fully saturated rings. The molecule has 9 N–H and O–H groups in total. The molecule has 274 valence electrons. The second-order valence-electron chi connectivity index (χ2n) is 11.3. The van der Waals surface area contributed by atoms with E-state index in [0.717, 1.165) is 0 Å². The van der Waals surface area contributed by atoms with Crippen LogP contribution >= 0.6 is 23.5 Å². The summed E-state index contributed by atoms with van der Waals surface area (Å²) in [7, 11) is -16.8. The molecule has 24 heteroatoms. The van der Waals surface area contributed by atoms with Gasteiger partial charge in [0.05, 0.1) is 47.8 Å². The molecule has 0 spiro atoms. The summed E-state index contributed by atoms with van der Waals surface area (Å²) in [5.74, 6) is 5.60. The molecule has 2 aromatic heterocycles. The lowest BCUT2D eigenvalue weighted by Crippen LogP contribution is -2.26. The SMILES string of the molecule is CC(C)C[C@@H](OCc1cn([C@H]2C[C@@H](O)[C@@H](COP(=O)(O)OP(=O)(O)OP(=O)(O)O)O2)c2ncnc(N)c12)c1ccc(C#CCN)cc1[N+](=O)[O-]. The number of phosphoric ester groups is 1. The molecule has 0 aliphatic carbocycles. The highest BCUT2D eigenvalue weighted by Crippen LogP contribution is 2.66. The van der Waals surface area contributed by atoms with Gasteiger partial charge in [-0.2, -0.15) is 8.62 Å². The van der Waals surface area contributed by atoms with E-state index in [1.807, 2.05) is 13.8 Å². The van der Waals surface area contributed by atoms with Crippen molar-refractivity contribution in [3.05, 3.63) is 57.5 Å². The predicted octanol–water partition coefficient (Wildman–Crippen LogP) is 2.53. The number of aromatic nitrogens is 3. The lowest BCUT2D eigenvalue weighted by Gasteiger charge is -2.20. The summed E-state index contributed by atoms with van der Waals surface area (Å²) in [6, 6.07) is 4.58.